The lowest BCUT2D eigenvalue weighted by Crippen LogP contribution is -2.22. The van der Waals surface area contributed by atoms with E-state index in [1.165, 1.54) is 0 Å². The quantitative estimate of drug-likeness (QED) is 0.872. The number of para-hydroxylation sites is 1. The van der Waals surface area contributed by atoms with Gasteiger partial charge in [-0.05, 0) is 36.4 Å². The minimum Gasteiger partial charge on any atom is -0.497 e. The predicted molar refractivity (Wildman–Crippen MR) is 86.6 cm³/mol. The molecular formula is C15H14Cl2N2O2. The summed E-state index contributed by atoms with van der Waals surface area (Å²) in [5, 5.41) is 6.49. The van der Waals surface area contributed by atoms with Crippen molar-refractivity contribution in [3.63, 3.8) is 0 Å². The molecule has 0 atom stereocenters. The zero-order chi connectivity index (χ0) is 15.2. The molecule has 4 nitrogen and oxygen atoms in total. The van der Waals surface area contributed by atoms with Crippen molar-refractivity contribution in [1.29, 1.82) is 0 Å². The molecule has 0 unspecified atom stereocenters. The van der Waals surface area contributed by atoms with Crippen LogP contribution >= 0.6 is 23.2 Å². The molecule has 0 radical (unpaired) electrons. The summed E-state index contributed by atoms with van der Waals surface area (Å²) < 4.78 is 5.06. The second-order valence-corrected chi connectivity index (χ2v) is 5.04. The van der Waals surface area contributed by atoms with Crippen LogP contribution in [-0.2, 0) is 4.79 Å². The summed E-state index contributed by atoms with van der Waals surface area (Å²) >= 11 is 12.0. The van der Waals surface area contributed by atoms with Crippen molar-refractivity contribution in [2.45, 2.75) is 0 Å². The first kappa shape index (κ1) is 15.5. The molecule has 2 aromatic carbocycles. The van der Waals surface area contributed by atoms with Crippen LogP contribution < -0.4 is 15.4 Å². The number of nitrogens with one attached hydrogen (secondary N) is 2. The topological polar surface area (TPSA) is 50.4 Å². The molecule has 0 aliphatic rings. The Morgan fingerprint density at radius 1 is 1.10 bits per heavy atom. The number of halogens is 2. The third-order valence-electron chi connectivity index (χ3n) is 2.77. The summed E-state index contributed by atoms with van der Waals surface area (Å²) in [7, 11) is 1.60. The van der Waals surface area contributed by atoms with Crippen LogP contribution in [-0.4, -0.2) is 19.6 Å². The Morgan fingerprint density at radius 2 is 1.71 bits per heavy atom. The fourth-order valence-corrected chi connectivity index (χ4v) is 2.18. The Kier molecular flexibility index (Phi) is 5.31. The van der Waals surface area contributed by atoms with E-state index >= 15 is 0 Å². The molecular weight excluding hydrogens is 311 g/mol. The lowest BCUT2D eigenvalue weighted by atomic mass is 10.3. The van der Waals surface area contributed by atoms with Gasteiger partial charge in [-0.25, -0.2) is 0 Å². The van der Waals surface area contributed by atoms with Crippen molar-refractivity contribution in [1.82, 2.24) is 0 Å². The molecule has 0 heterocycles. The van der Waals surface area contributed by atoms with E-state index in [-0.39, 0.29) is 12.5 Å². The molecule has 0 saturated carbocycles. The van der Waals surface area contributed by atoms with Gasteiger partial charge in [0.2, 0.25) is 5.91 Å². The van der Waals surface area contributed by atoms with E-state index in [1.807, 2.05) is 24.3 Å². The zero-order valence-corrected chi connectivity index (χ0v) is 12.8. The van der Waals surface area contributed by atoms with Gasteiger partial charge in [0.25, 0.3) is 0 Å². The second kappa shape index (κ2) is 7.20. The second-order valence-electron chi connectivity index (χ2n) is 4.23. The first-order valence-corrected chi connectivity index (χ1v) is 6.97. The molecule has 0 aliphatic heterocycles. The smallest absolute Gasteiger partial charge is 0.243 e. The van der Waals surface area contributed by atoms with Crippen LogP contribution in [0.5, 0.6) is 5.75 Å². The number of hydrogen-bond donors (Lipinski definition) is 2. The van der Waals surface area contributed by atoms with Gasteiger partial charge in [-0.15, -0.1) is 0 Å². The number of benzene rings is 2. The molecule has 0 aromatic heterocycles. The van der Waals surface area contributed by atoms with E-state index in [0.29, 0.717) is 15.7 Å². The van der Waals surface area contributed by atoms with Crippen molar-refractivity contribution in [2.24, 2.45) is 0 Å². The third kappa shape index (κ3) is 4.28. The molecule has 6 heteroatoms. The summed E-state index contributed by atoms with van der Waals surface area (Å²) in [6, 6.07) is 12.3. The first-order valence-electron chi connectivity index (χ1n) is 6.22. The Labute approximate surface area is 133 Å². The molecule has 110 valence electrons. The first-order chi connectivity index (χ1) is 10.1. The highest BCUT2D eigenvalue weighted by Crippen LogP contribution is 2.29. The number of hydrogen-bond acceptors (Lipinski definition) is 3. The fraction of sp³-hybridized carbons (Fsp3) is 0.133. The Morgan fingerprint density at radius 3 is 2.29 bits per heavy atom. The van der Waals surface area contributed by atoms with Crippen LogP contribution in [0.25, 0.3) is 0 Å². The van der Waals surface area contributed by atoms with Gasteiger partial charge in [0.1, 0.15) is 5.75 Å². The van der Waals surface area contributed by atoms with E-state index in [1.54, 1.807) is 25.3 Å². The van der Waals surface area contributed by atoms with Crippen molar-refractivity contribution in [2.75, 3.05) is 24.3 Å². The van der Waals surface area contributed by atoms with Gasteiger partial charge < -0.3 is 15.4 Å². The SMILES string of the molecule is COc1ccc(NCC(=O)Nc2c(Cl)cccc2Cl)cc1. The molecule has 1 amide bonds. The Bertz CT molecular complexity index is 610. The molecule has 2 aromatic rings. The standard InChI is InChI=1S/C15H14Cl2N2O2/c1-21-11-7-5-10(6-8-11)18-9-14(20)19-15-12(16)3-2-4-13(15)17/h2-8,18H,9H2,1H3,(H,19,20). The van der Waals surface area contributed by atoms with Crippen LogP contribution in [0.3, 0.4) is 0 Å². The highest BCUT2D eigenvalue weighted by molar-refractivity contribution is 6.39. The highest BCUT2D eigenvalue weighted by Gasteiger charge is 2.09. The lowest BCUT2D eigenvalue weighted by Gasteiger charge is -2.10. The fourth-order valence-electron chi connectivity index (χ4n) is 1.69. The number of ether oxygens (including phenoxy) is 1. The number of carbonyl (C=O) groups excluding carboxylic acids is 1. The Hall–Kier alpha value is -1.91. The van der Waals surface area contributed by atoms with E-state index in [0.717, 1.165) is 11.4 Å². The summed E-state index contributed by atoms with van der Waals surface area (Å²) in [5.74, 6) is 0.522. The molecule has 2 rings (SSSR count). The van der Waals surface area contributed by atoms with Crippen LogP contribution in [0.2, 0.25) is 10.0 Å². The van der Waals surface area contributed by atoms with E-state index in [9.17, 15) is 4.79 Å². The molecule has 2 N–H and O–H groups in total. The van der Waals surface area contributed by atoms with Gasteiger partial charge >= 0.3 is 0 Å². The van der Waals surface area contributed by atoms with Crippen molar-refractivity contribution in [3.05, 3.63) is 52.5 Å². The molecule has 0 aliphatic carbocycles. The van der Waals surface area contributed by atoms with Crippen molar-refractivity contribution in [3.8, 4) is 5.75 Å². The monoisotopic (exact) mass is 324 g/mol. The molecule has 0 spiro atoms. The maximum absolute atomic E-state index is 11.9. The van der Waals surface area contributed by atoms with E-state index in [4.69, 9.17) is 27.9 Å². The summed E-state index contributed by atoms with van der Waals surface area (Å²) in [6.07, 6.45) is 0. The number of amides is 1. The largest absolute Gasteiger partial charge is 0.497 e. The highest BCUT2D eigenvalue weighted by atomic mass is 35.5. The molecule has 0 saturated heterocycles. The van der Waals surface area contributed by atoms with Crippen LogP contribution in [0.1, 0.15) is 0 Å². The number of methoxy groups -OCH3 is 1. The maximum Gasteiger partial charge on any atom is 0.243 e. The maximum atomic E-state index is 11.9. The summed E-state index contributed by atoms with van der Waals surface area (Å²) in [5.41, 5.74) is 1.23. The van der Waals surface area contributed by atoms with Crippen LogP contribution in [0, 0.1) is 0 Å². The van der Waals surface area contributed by atoms with Gasteiger partial charge in [0, 0.05) is 5.69 Å². The predicted octanol–water partition coefficient (Wildman–Crippen LogP) is 4.05. The van der Waals surface area contributed by atoms with Gasteiger partial charge in [0.15, 0.2) is 0 Å². The normalized spacial score (nSPS) is 10.0. The van der Waals surface area contributed by atoms with Crippen LogP contribution in [0.4, 0.5) is 11.4 Å². The lowest BCUT2D eigenvalue weighted by molar-refractivity contribution is -0.114. The number of anilines is 2. The molecule has 21 heavy (non-hydrogen) atoms. The zero-order valence-electron chi connectivity index (χ0n) is 11.3. The average molecular weight is 325 g/mol. The number of rotatable bonds is 5. The van der Waals surface area contributed by atoms with Crippen molar-refractivity contribution >= 4 is 40.5 Å². The Balaban J connectivity index is 1.92. The molecule has 0 bridgehead atoms. The number of carbonyl (C=O) groups is 1. The van der Waals surface area contributed by atoms with Gasteiger partial charge in [-0.3, -0.25) is 4.79 Å². The van der Waals surface area contributed by atoms with E-state index in [2.05, 4.69) is 10.6 Å². The minimum absolute atomic E-state index is 0.105. The third-order valence-corrected chi connectivity index (χ3v) is 3.40. The summed E-state index contributed by atoms with van der Waals surface area (Å²) in [6.45, 7) is 0.105. The van der Waals surface area contributed by atoms with Crippen molar-refractivity contribution < 1.29 is 9.53 Å². The molecule has 0 fully saturated rings. The van der Waals surface area contributed by atoms with Crippen LogP contribution in [0.15, 0.2) is 42.5 Å². The summed E-state index contributed by atoms with van der Waals surface area (Å²) in [4.78, 5) is 11.9. The average Bonchev–Trinajstić information content (AvgIpc) is 2.49. The van der Waals surface area contributed by atoms with E-state index < -0.39 is 0 Å². The van der Waals surface area contributed by atoms with Gasteiger partial charge in [-0.1, -0.05) is 29.3 Å². The minimum atomic E-state index is -0.235. The van der Waals surface area contributed by atoms with Gasteiger partial charge in [-0.2, -0.15) is 0 Å². The van der Waals surface area contributed by atoms with Gasteiger partial charge in [0.05, 0.1) is 29.4 Å².